The lowest BCUT2D eigenvalue weighted by Gasteiger charge is -2.48. The van der Waals surface area contributed by atoms with Crippen LogP contribution in [0.3, 0.4) is 0 Å². The van der Waals surface area contributed by atoms with Crippen LogP contribution >= 0.6 is 0 Å². The normalized spacial score (nSPS) is 25.7. The van der Waals surface area contributed by atoms with Crippen LogP contribution in [0.15, 0.2) is 29.2 Å². The fraction of sp³-hybridized carbons (Fsp3) is 0.625. The predicted molar refractivity (Wildman–Crippen MR) is 91.1 cm³/mol. The number of sulfone groups is 1. The summed E-state index contributed by atoms with van der Waals surface area (Å²) in [6.07, 6.45) is 0.542. The van der Waals surface area contributed by atoms with Gasteiger partial charge in [0.15, 0.2) is 9.84 Å². The van der Waals surface area contributed by atoms with Crippen molar-refractivity contribution in [2.45, 2.75) is 29.9 Å². The molecule has 2 aliphatic rings. The maximum Gasteiger partial charge on any atom is 0.243 e. The zero-order valence-corrected chi connectivity index (χ0v) is 15.6. The Kier molecular flexibility index (Phi) is 4.53. The van der Waals surface area contributed by atoms with Gasteiger partial charge in [0.05, 0.1) is 17.3 Å². The molecular weight excluding hydrogens is 350 g/mol. The molecule has 6 nitrogen and oxygen atoms in total. The number of hydrogen-bond donors (Lipinski definition) is 0. The summed E-state index contributed by atoms with van der Waals surface area (Å²) in [7, 11) is -6.96. The third-order valence-electron chi connectivity index (χ3n) is 5.22. The molecule has 134 valence electrons. The van der Waals surface area contributed by atoms with E-state index in [9.17, 15) is 16.8 Å². The van der Waals surface area contributed by atoms with Gasteiger partial charge in [-0.3, -0.25) is 0 Å². The van der Waals surface area contributed by atoms with E-state index in [0.717, 1.165) is 0 Å². The number of rotatable bonds is 5. The van der Waals surface area contributed by atoms with Crippen molar-refractivity contribution in [1.82, 2.24) is 4.31 Å². The van der Waals surface area contributed by atoms with Crippen molar-refractivity contribution in [3.05, 3.63) is 29.8 Å². The summed E-state index contributed by atoms with van der Waals surface area (Å²) >= 11 is 0. The summed E-state index contributed by atoms with van der Waals surface area (Å²) in [6, 6.07) is 6.77. The monoisotopic (exact) mass is 373 g/mol. The maximum absolute atomic E-state index is 12.8. The number of nitrogens with zero attached hydrogens (tertiary/aromatic N) is 1. The molecule has 0 saturated carbocycles. The number of sulfonamides is 1. The molecule has 1 unspecified atom stereocenters. The van der Waals surface area contributed by atoms with Gasteiger partial charge >= 0.3 is 0 Å². The first kappa shape index (κ1) is 17.8. The molecule has 2 aliphatic heterocycles. The van der Waals surface area contributed by atoms with Gasteiger partial charge in [-0.1, -0.05) is 18.2 Å². The van der Waals surface area contributed by atoms with E-state index in [1.807, 2.05) is 6.92 Å². The minimum atomic E-state index is -3.66. The van der Waals surface area contributed by atoms with Crippen molar-refractivity contribution in [1.29, 1.82) is 0 Å². The predicted octanol–water partition coefficient (Wildman–Crippen LogP) is 1.21. The first-order valence-corrected chi connectivity index (χ1v) is 11.2. The Morgan fingerprint density at radius 1 is 1.29 bits per heavy atom. The molecule has 0 N–H and O–H groups in total. The fourth-order valence-electron chi connectivity index (χ4n) is 3.67. The second kappa shape index (κ2) is 6.09. The summed E-state index contributed by atoms with van der Waals surface area (Å²) in [5, 5.41) is 0. The molecule has 1 aromatic carbocycles. The lowest BCUT2D eigenvalue weighted by Crippen LogP contribution is -2.68. The second-order valence-electron chi connectivity index (χ2n) is 6.57. The molecule has 1 atom stereocenters. The molecule has 2 fully saturated rings. The SMILES string of the molecule is CCOCC1CCS(=O)(=O)C12CN(S(=O)(=O)c1ccccc1C)C2. The van der Waals surface area contributed by atoms with Crippen molar-refractivity contribution in [3.63, 3.8) is 0 Å². The number of hydrogen-bond acceptors (Lipinski definition) is 5. The molecule has 0 amide bonds. The van der Waals surface area contributed by atoms with E-state index in [2.05, 4.69) is 0 Å². The van der Waals surface area contributed by atoms with Crippen molar-refractivity contribution in [2.75, 3.05) is 32.1 Å². The fourth-order valence-corrected chi connectivity index (χ4v) is 8.04. The van der Waals surface area contributed by atoms with Crippen LogP contribution in [0, 0.1) is 12.8 Å². The van der Waals surface area contributed by atoms with E-state index >= 15 is 0 Å². The molecule has 0 aromatic heterocycles. The van der Waals surface area contributed by atoms with Gasteiger partial charge < -0.3 is 4.74 Å². The van der Waals surface area contributed by atoms with Crippen LogP contribution in [0.25, 0.3) is 0 Å². The summed E-state index contributed by atoms with van der Waals surface area (Å²) in [4.78, 5) is 0.247. The van der Waals surface area contributed by atoms with Crippen LogP contribution in [0.4, 0.5) is 0 Å². The zero-order valence-electron chi connectivity index (χ0n) is 13.9. The molecule has 2 heterocycles. The Balaban J connectivity index is 1.86. The van der Waals surface area contributed by atoms with Gasteiger partial charge in [0.1, 0.15) is 4.75 Å². The first-order valence-electron chi connectivity index (χ1n) is 8.10. The summed E-state index contributed by atoms with van der Waals surface area (Å²) < 4.78 is 56.4. The first-order chi connectivity index (χ1) is 11.2. The van der Waals surface area contributed by atoms with Crippen LogP contribution in [0.1, 0.15) is 18.9 Å². The summed E-state index contributed by atoms with van der Waals surface area (Å²) in [6.45, 7) is 4.57. The van der Waals surface area contributed by atoms with E-state index in [1.165, 1.54) is 4.31 Å². The molecule has 2 saturated heterocycles. The van der Waals surface area contributed by atoms with Crippen LogP contribution in [-0.4, -0.2) is 57.9 Å². The van der Waals surface area contributed by atoms with Gasteiger partial charge in [-0.25, -0.2) is 16.8 Å². The van der Waals surface area contributed by atoms with Gasteiger partial charge in [-0.05, 0) is 31.9 Å². The number of aryl methyl sites for hydroxylation is 1. The quantitative estimate of drug-likeness (QED) is 0.775. The van der Waals surface area contributed by atoms with Gasteiger partial charge in [0, 0.05) is 25.6 Å². The molecule has 1 aromatic rings. The lowest BCUT2D eigenvalue weighted by molar-refractivity contribution is 0.0637. The topological polar surface area (TPSA) is 80.8 Å². The highest BCUT2D eigenvalue weighted by molar-refractivity contribution is 7.93. The zero-order chi connectivity index (χ0) is 17.6. The van der Waals surface area contributed by atoms with Crippen molar-refractivity contribution in [3.8, 4) is 0 Å². The number of ether oxygens (including phenoxy) is 1. The van der Waals surface area contributed by atoms with Gasteiger partial charge in [0.2, 0.25) is 10.0 Å². The van der Waals surface area contributed by atoms with E-state index in [0.29, 0.717) is 25.2 Å². The minimum absolute atomic E-state index is 0.0315. The molecule has 3 rings (SSSR count). The van der Waals surface area contributed by atoms with Crippen LogP contribution in [0.5, 0.6) is 0 Å². The molecular formula is C16H23NO5S2. The van der Waals surface area contributed by atoms with Crippen molar-refractivity contribution in [2.24, 2.45) is 5.92 Å². The van der Waals surface area contributed by atoms with Crippen LogP contribution in [0.2, 0.25) is 0 Å². The number of benzene rings is 1. The minimum Gasteiger partial charge on any atom is -0.381 e. The molecule has 0 bridgehead atoms. The highest BCUT2D eigenvalue weighted by atomic mass is 32.2. The highest BCUT2D eigenvalue weighted by Crippen LogP contribution is 2.46. The Morgan fingerprint density at radius 2 is 1.96 bits per heavy atom. The van der Waals surface area contributed by atoms with E-state index in [4.69, 9.17) is 4.74 Å². The molecule has 24 heavy (non-hydrogen) atoms. The largest absolute Gasteiger partial charge is 0.381 e. The maximum atomic E-state index is 12.8. The Morgan fingerprint density at radius 3 is 2.58 bits per heavy atom. The Bertz CT molecular complexity index is 826. The molecule has 0 aliphatic carbocycles. The van der Waals surface area contributed by atoms with E-state index in [1.54, 1.807) is 31.2 Å². The summed E-state index contributed by atoms with van der Waals surface area (Å²) in [5.41, 5.74) is 0.665. The van der Waals surface area contributed by atoms with Crippen molar-refractivity contribution < 1.29 is 21.6 Å². The van der Waals surface area contributed by atoms with Gasteiger partial charge in [0.25, 0.3) is 0 Å². The van der Waals surface area contributed by atoms with E-state index < -0.39 is 24.6 Å². The third kappa shape index (κ3) is 2.60. The summed E-state index contributed by atoms with van der Waals surface area (Å²) in [5.74, 6) is -0.0195. The van der Waals surface area contributed by atoms with Gasteiger partial charge in [-0.2, -0.15) is 4.31 Å². The average molecular weight is 373 g/mol. The van der Waals surface area contributed by atoms with Crippen LogP contribution in [-0.2, 0) is 24.6 Å². The smallest absolute Gasteiger partial charge is 0.243 e. The second-order valence-corrected chi connectivity index (χ2v) is 10.9. The molecule has 0 radical (unpaired) electrons. The van der Waals surface area contributed by atoms with Crippen LogP contribution < -0.4 is 0 Å². The van der Waals surface area contributed by atoms with Gasteiger partial charge in [-0.15, -0.1) is 0 Å². The lowest BCUT2D eigenvalue weighted by atomic mass is 9.85. The Hall–Kier alpha value is -0.960. The van der Waals surface area contributed by atoms with Crippen molar-refractivity contribution >= 4 is 19.9 Å². The standard InChI is InChI=1S/C16H23NO5S2/c1-3-22-10-14-8-9-23(18,19)16(14)11-17(12-16)24(20,21)15-7-5-4-6-13(15)2/h4-7,14H,3,8-12H2,1-2H3. The molecule has 1 spiro atoms. The molecule has 8 heteroatoms. The average Bonchev–Trinajstić information content (AvgIpc) is 2.74. The highest BCUT2D eigenvalue weighted by Gasteiger charge is 2.63. The van der Waals surface area contributed by atoms with E-state index in [-0.39, 0.29) is 29.7 Å². The Labute approximate surface area is 143 Å². The third-order valence-corrected chi connectivity index (χ3v) is 9.78.